The van der Waals surface area contributed by atoms with E-state index in [9.17, 15) is 4.79 Å². The van der Waals surface area contributed by atoms with Crippen LogP contribution in [0.2, 0.25) is 0 Å². The van der Waals surface area contributed by atoms with Crippen LogP contribution in [0.3, 0.4) is 0 Å². The van der Waals surface area contributed by atoms with E-state index in [4.69, 9.17) is 5.84 Å². The highest BCUT2D eigenvalue weighted by Crippen LogP contribution is 1.95. The van der Waals surface area contributed by atoms with Crippen molar-refractivity contribution in [2.45, 2.75) is 0 Å². The molecule has 5 nitrogen and oxygen atoms in total. The third kappa shape index (κ3) is 1.14. The normalized spacial score (nSPS) is 9.40. The summed E-state index contributed by atoms with van der Waals surface area (Å²) in [7, 11) is 1.48. The maximum absolute atomic E-state index is 10.9. The number of aromatic amines is 1. The van der Waals surface area contributed by atoms with Crippen LogP contribution in [0.25, 0.3) is 0 Å². The van der Waals surface area contributed by atoms with Gasteiger partial charge in [-0.25, -0.2) is 5.84 Å². The highest BCUT2D eigenvalue weighted by atomic mass is 16.2. The van der Waals surface area contributed by atoms with Crippen molar-refractivity contribution in [2.75, 3.05) is 7.05 Å². The summed E-state index contributed by atoms with van der Waals surface area (Å²) in [6.45, 7) is 0. The molecule has 0 unspecified atom stereocenters. The Balaban J connectivity index is 2.78. The van der Waals surface area contributed by atoms with Gasteiger partial charge in [-0.3, -0.25) is 14.9 Å². The van der Waals surface area contributed by atoms with Gasteiger partial charge in [0.15, 0.2) is 0 Å². The van der Waals surface area contributed by atoms with E-state index in [0.717, 1.165) is 5.01 Å². The molecule has 54 valence electrons. The van der Waals surface area contributed by atoms with Crippen LogP contribution in [0.4, 0.5) is 0 Å². The fourth-order valence-corrected chi connectivity index (χ4v) is 0.571. The van der Waals surface area contributed by atoms with E-state index in [1.54, 1.807) is 0 Å². The predicted octanol–water partition coefficient (Wildman–Crippen LogP) is -0.645. The summed E-state index contributed by atoms with van der Waals surface area (Å²) in [5.74, 6) is 4.91. The number of carbonyl (C=O) groups is 1. The quantitative estimate of drug-likeness (QED) is 0.309. The van der Waals surface area contributed by atoms with E-state index < -0.39 is 0 Å². The number of nitrogens with two attached hydrogens (primary N) is 1. The number of nitrogens with one attached hydrogen (secondary N) is 1. The molecule has 0 atom stereocenters. The van der Waals surface area contributed by atoms with E-state index in [1.807, 2.05) is 0 Å². The summed E-state index contributed by atoms with van der Waals surface area (Å²) in [6, 6.07) is 0. The summed E-state index contributed by atoms with van der Waals surface area (Å²) < 4.78 is 0. The topological polar surface area (TPSA) is 75.0 Å². The molecule has 1 heterocycles. The molecule has 0 radical (unpaired) electrons. The van der Waals surface area contributed by atoms with Crippen molar-refractivity contribution in [1.29, 1.82) is 0 Å². The van der Waals surface area contributed by atoms with Gasteiger partial charge in [0.05, 0.1) is 11.8 Å². The molecule has 0 fully saturated rings. The van der Waals surface area contributed by atoms with Crippen molar-refractivity contribution in [3.63, 3.8) is 0 Å². The minimum Gasteiger partial charge on any atom is -0.285 e. The van der Waals surface area contributed by atoms with Crippen molar-refractivity contribution in [1.82, 2.24) is 15.2 Å². The van der Waals surface area contributed by atoms with E-state index in [0.29, 0.717) is 5.56 Å². The van der Waals surface area contributed by atoms with Gasteiger partial charge in [-0.15, -0.1) is 0 Å². The molecule has 0 saturated heterocycles. The molecule has 10 heavy (non-hydrogen) atoms. The number of hydrogen-bond acceptors (Lipinski definition) is 3. The first-order chi connectivity index (χ1) is 4.72. The van der Waals surface area contributed by atoms with Gasteiger partial charge in [0.2, 0.25) is 0 Å². The third-order valence-electron chi connectivity index (χ3n) is 1.07. The van der Waals surface area contributed by atoms with Gasteiger partial charge >= 0.3 is 0 Å². The molecule has 0 aliphatic rings. The van der Waals surface area contributed by atoms with Crippen molar-refractivity contribution in [3.8, 4) is 0 Å². The Morgan fingerprint density at radius 1 is 1.90 bits per heavy atom. The van der Waals surface area contributed by atoms with Crippen LogP contribution in [0.1, 0.15) is 10.4 Å². The number of nitrogens with zero attached hydrogens (tertiary/aromatic N) is 2. The Labute approximate surface area is 57.8 Å². The highest BCUT2D eigenvalue weighted by molar-refractivity contribution is 5.92. The molecule has 1 aromatic heterocycles. The highest BCUT2D eigenvalue weighted by Gasteiger charge is 2.07. The second-order valence-electron chi connectivity index (χ2n) is 1.90. The molecule has 0 aromatic carbocycles. The lowest BCUT2D eigenvalue weighted by Gasteiger charge is -2.06. The third-order valence-corrected chi connectivity index (χ3v) is 1.07. The van der Waals surface area contributed by atoms with Gasteiger partial charge in [0.25, 0.3) is 5.91 Å². The Morgan fingerprint density at radius 2 is 2.60 bits per heavy atom. The van der Waals surface area contributed by atoms with Crippen molar-refractivity contribution in [2.24, 2.45) is 5.84 Å². The Hall–Kier alpha value is -1.36. The monoisotopic (exact) mass is 140 g/mol. The minimum absolute atomic E-state index is 0.256. The lowest BCUT2D eigenvalue weighted by molar-refractivity contribution is 0.0795. The Kier molecular flexibility index (Phi) is 1.68. The molecule has 1 rings (SSSR count). The summed E-state index contributed by atoms with van der Waals surface area (Å²) >= 11 is 0. The predicted molar refractivity (Wildman–Crippen MR) is 34.9 cm³/mol. The van der Waals surface area contributed by atoms with E-state index >= 15 is 0 Å². The average molecular weight is 140 g/mol. The van der Waals surface area contributed by atoms with Crippen LogP contribution in [-0.2, 0) is 0 Å². The number of hydrogen-bond donors (Lipinski definition) is 2. The van der Waals surface area contributed by atoms with Gasteiger partial charge in [-0.1, -0.05) is 0 Å². The number of hydrazine groups is 1. The van der Waals surface area contributed by atoms with Crippen molar-refractivity contribution >= 4 is 5.91 Å². The second-order valence-corrected chi connectivity index (χ2v) is 1.90. The van der Waals surface area contributed by atoms with Crippen molar-refractivity contribution < 1.29 is 4.79 Å². The van der Waals surface area contributed by atoms with E-state index in [1.165, 1.54) is 19.4 Å². The first-order valence-electron chi connectivity index (χ1n) is 2.73. The van der Waals surface area contributed by atoms with Crippen LogP contribution in [0.15, 0.2) is 12.4 Å². The molecule has 3 N–H and O–H groups in total. The lowest BCUT2D eigenvalue weighted by Crippen LogP contribution is -2.32. The molecule has 0 aliphatic heterocycles. The summed E-state index contributed by atoms with van der Waals surface area (Å²) in [6.07, 6.45) is 2.91. The standard InChI is InChI=1S/C5H8N4O/c1-9(6)5(10)4-2-7-8-3-4/h2-3H,6H2,1H3,(H,7,8). The summed E-state index contributed by atoms with van der Waals surface area (Å²) in [4.78, 5) is 10.9. The fraction of sp³-hybridized carbons (Fsp3) is 0.200. The molecule has 0 saturated carbocycles. The van der Waals surface area contributed by atoms with Crippen LogP contribution >= 0.6 is 0 Å². The maximum Gasteiger partial charge on any atom is 0.270 e. The number of H-pyrrole nitrogens is 1. The molecule has 0 aliphatic carbocycles. The van der Waals surface area contributed by atoms with Crippen LogP contribution in [-0.4, -0.2) is 28.2 Å². The minimum atomic E-state index is -0.256. The molecule has 1 aromatic rings. The van der Waals surface area contributed by atoms with Gasteiger partial charge in [0.1, 0.15) is 0 Å². The van der Waals surface area contributed by atoms with Crippen LogP contribution < -0.4 is 5.84 Å². The van der Waals surface area contributed by atoms with Crippen LogP contribution in [0.5, 0.6) is 0 Å². The summed E-state index contributed by atoms with van der Waals surface area (Å²) in [5, 5.41) is 7.11. The Bertz CT molecular complexity index is 216. The second kappa shape index (κ2) is 2.49. The van der Waals surface area contributed by atoms with E-state index in [-0.39, 0.29) is 5.91 Å². The zero-order chi connectivity index (χ0) is 7.56. The number of rotatable bonds is 1. The van der Waals surface area contributed by atoms with Gasteiger partial charge in [-0.05, 0) is 0 Å². The number of aromatic nitrogens is 2. The molecule has 5 heteroatoms. The average Bonchev–Trinajstić information content (AvgIpc) is 2.36. The molecular formula is C5H8N4O. The first kappa shape index (κ1) is 6.76. The first-order valence-corrected chi connectivity index (χ1v) is 2.73. The largest absolute Gasteiger partial charge is 0.285 e. The molecule has 1 amide bonds. The zero-order valence-electron chi connectivity index (χ0n) is 5.53. The maximum atomic E-state index is 10.9. The number of amides is 1. The molecule has 0 spiro atoms. The van der Waals surface area contributed by atoms with E-state index in [2.05, 4.69) is 10.2 Å². The Morgan fingerprint density at radius 3 is 3.00 bits per heavy atom. The lowest BCUT2D eigenvalue weighted by atomic mass is 10.3. The van der Waals surface area contributed by atoms with Gasteiger partial charge in [-0.2, -0.15) is 5.10 Å². The SMILES string of the molecule is CN(N)C(=O)c1cn[nH]c1. The molecule has 0 bridgehead atoms. The number of carbonyl (C=O) groups excluding carboxylic acids is 1. The van der Waals surface area contributed by atoms with Crippen molar-refractivity contribution in [3.05, 3.63) is 18.0 Å². The van der Waals surface area contributed by atoms with Gasteiger partial charge in [0, 0.05) is 13.2 Å². The summed E-state index contributed by atoms with van der Waals surface area (Å²) in [5.41, 5.74) is 0.463. The molecular weight excluding hydrogens is 132 g/mol. The zero-order valence-corrected chi connectivity index (χ0v) is 5.53. The van der Waals surface area contributed by atoms with Crippen LogP contribution in [0, 0.1) is 0 Å². The van der Waals surface area contributed by atoms with Gasteiger partial charge < -0.3 is 0 Å². The fourth-order valence-electron chi connectivity index (χ4n) is 0.571. The smallest absolute Gasteiger partial charge is 0.270 e.